The molecule has 0 radical (unpaired) electrons. The largest absolute Gasteiger partial charge is 0.469 e. The minimum atomic E-state index is -1.12. The van der Waals surface area contributed by atoms with Gasteiger partial charge >= 0.3 is 11.9 Å². The number of nitrogens with one attached hydrogen (secondary N) is 1. The van der Waals surface area contributed by atoms with Gasteiger partial charge in [0, 0.05) is 0 Å². The van der Waals surface area contributed by atoms with Crippen LogP contribution in [0.3, 0.4) is 0 Å². The molecule has 0 aliphatic carbocycles. The van der Waals surface area contributed by atoms with Crippen molar-refractivity contribution in [1.29, 1.82) is 0 Å². The Balaban J connectivity index is 2.45. The number of benzene rings is 1. The van der Waals surface area contributed by atoms with Gasteiger partial charge in [-0.3, -0.25) is 9.59 Å². The van der Waals surface area contributed by atoms with Crippen LogP contribution >= 0.6 is 0 Å². The zero-order valence-corrected chi connectivity index (χ0v) is 9.96. The van der Waals surface area contributed by atoms with Crippen molar-refractivity contribution in [3.63, 3.8) is 0 Å². The molecule has 0 aliphatic rings. The molecule has 0 unspecified atom stereocenters. The minimum Gasteiger partial charge on any atom is -0.469 e. The fraction of sp³-hybridized carbons (Fsp3) is 0.333. The molecule has 0 aromatic heterocycles. The van der Waals surface area contributed by atoms with Crippen molar-refractivity contribution in [2.24, 2.45) is 0 Å². The summed E-state index contributed by atoms with van der Waals surface area (Å²) in [5.41, 5.74) is 2.55. The second-order valence-electron chi connectivity index (χ2n) is 3.56. The van der Waals surface area contributed by atoms with Gasteiger partial charge in [-0.05, 0) is 5.56 Å². The average molecular weight is 253 g/mol. The molecule has 6 heteroatoms. The van der Waals surface area contributed by atoms with Gasteiger partial charge in [0.2, 0.25) is 0 Å². The molecule has 0 heterocycles. The van der Waals surface area contributed by atoms with Gasteiger partial charge in [-0.2, -0.15) is 5.48 Å². The second-order valence-corrected chi connectivity index (χ2v) is 3.56. The van der Waals surface area contributed by atoms with E-state index in [4.69, 9.17) is 9.94 Å². The summed E-state index contributed by atoms with van der Waals surface area (Å²) < 4.78 is 9.35. The van der Waals surface area contributed by atoms with Crippen molar-refractivity contribution >= 4 is 11.9 Å². The van der Waals surface area contributed by atoms with Crippen LogP contribution in [0.2, 0.25) is 0 Å². The topological polar surface area (TPSA) is 84.9 Å². The molecule has 1 aromatic carbocycles. The maximum Gasteiger partial charge on any atom is 0.326 e. The molecule has 0 amide bonds. The summed E-state index contributed by atoms with van der Waals surface area (Å²) in [7, 11) is 1.20. The van der Waals surface area contributed by atoms with Crippen LogP contribution in [0.5, 0.6) is 0 Å². The number of hydrogen-bond donors (Lipinski definition) is 2. The zero-order valence-electron chi connectivity index (χ0n) is 9.96. The molecule has 0 saturated carbocycles. The number of hydrogen-bond acceptors (Lipinski definition) is 6. The predicted octanol–water partition coefficient (Wildman–Crippen LogP) is 0.640. The summed E-state index contributed by atoms with van der Waals surface area (Å²) in [6.07, 6.45) is -0.291. The van der Waals surface area contributed by atoms with Crippen molar-refractivity contribution < 1.29 is 24.3 Å². The molecule has 0 bridgehead atoms. The van der Waals surface area contributed by atoms with E-state index in [0.29, 0.717) is 0 Å². The van der Waals surface area contributed by atoms with Crippen LogP contribution in [0, 0.1) is 0 Å². The van der Waals surface area contributed by atoms with E-state index in [9.17, 15) is 9.59 Å². The van der Waals surface area contributed by atoms with E-state index in [1.807, 2.05) is 18.2 Å². The minimum absolute atomic E-state index is 0.0824. The summed E-state index contributed by atoms with van der Waals surface area (Å²) in [5, 5.41) is 8.78. The van der Waals surface area contributed by atoms with Crippen LogP contribution in [0.4, 0.5) is 0 Å². The first-order chi connectivity index (χ1) is 8.67. The molecule has 98 valence electrons. The molecule has 18 heavy (non-hydrogen) atoms. The lowest BCUT2D eigenvalue weighted by atomic mass is 10.2. The summed E-state index contributed by atoms with van der Waals surface area (Å²) in [5.74, 6) is -1.33. The molecule has 6 nitrogen and oxygen atoms in total. The first kappa shape index (κ1) is 14.1. The number of esters is 2. The van der Waals surface area contributed by atoms with Crippen LogP contribution in [0.1, 0.15) is 12.0 Å². The van der Waals surface area contributed by atoms with Crippen LogP contribution in [-0.2, 0) is 25.7 Å². The number of carbonyl (C=O) groups excluding carboxylic acids is 2. The first-order valence-electron chi connectivity index (χ1n) is 5.34. The number of rotatable bonds is 6. The number of carbonyl (C=O) groups is 2. The number of ether oxygens (including phenoxy) is 2. The molecule has 2 N–H and O–H groups in total. The first-order valence-corrected chi connectivity index (χ1v) is 5.34. The van der Waals surface area contributed by atoms with E-state index in [0.717, 1.165) is 5.56 Å². The molecular weight excluding hydrogens is 238 g/mol. The standard InChI is InChI=1S/C12H15NO5/c1-17-11(14)7-10(13-16)12(15)18-8-9-5-3-2-4-6-9/h2-6,10,13,16H,7-8H2,1H3/t10-/m0/s1. The second kappa shape index (κ2) is 7.41. The monoisotopic (exact) mass is 253 g/mol. The van der Waals surface area contributed by atoms with E-state index in [-0.39, 0.29) is 13.0 Å². The number of methoxy groups -OCH3 is 1. The van der Waals surface area contributed by atoms with Gasteiger partial charge < -0.3 is 14.7 Å². The molecule has 0 saturated heterocycles. The molecule has 0 aliphatic heterocycles. The Morgan fingerprint density at radius 2 is 2.00 bits per heavy atom. The summed E-state index contributed by atoms with van der Waals surface area (Å²) in [6.45, 7) is 0.0824. The Hall–Kier alpha value is -1.92. The Morgan fingerprint density at radius 3 is 2.56 bits per heavy atom. The van der Waals surface area contributed by atoms with Gasteiger partial charge in [0.1, 0.15) is 12.6 Å². The SMILES string of the molecule is COC(=O)C[C@H](NO)C(=O)OCc1ccccc1. The van der Waals surface area contributed by atoms with E-state index in [1.54, 1.807) is 17.6 Å². The maximum absolute atomic E-state index is 11.5. The van der Waals surface area contributed by atoms with E-state index in [1.165, 1.54) is 7.11 Å². The highest BCUT2D eigenvalue weighted by Crippen LogP contribution is 2.03. The lowest BCUT2D eigenvalue weighted by molar-refractivity contribution is -0.155. The smallest absolute Gasteiger partial charge is 0.326 e. The third kappa shape index (κ3) is 4.52. The lowest BCUT2D eigenvalue weighted by Gasteiger charge is -2.13. The van der Waals surface area contributed by atoms with Gasteiger partial charge in [-0.1, -0.05) is 30.3 Å². The Bertz CT molecular complexity index is 393. The van der Waals surface area contributed by atoms with Crippen molar-refractivity contribution in [3.8, 4) is 0 Å². The van der Waals surface area contributed by atoms with Gasteiger partial charge in [0.15, 0.2) is 0 Å². The van der Waals surface area contributed by atoms with E-state index >= 15 is 0 Å². The summed E-state index contributed by atoms with van der Waals surface area (Å²) in [4.78, 5) is 22.5. The quantitative estimate of drug-likeness (QED) is 0.571. The maximum atomic E-state index is 11.5. The average Bonchev–Trinajstić information content (AvgIpc) is 2.42. The Kier molecular flexibility index (Phi) is 5.83. The lowest BCUT2D eigenvalue weighted by Crippen LogP contribution is -2.38. The van der Waals surface area contributed by atoms with Crippen LogP contribution < -0.4 is 5.48 Å². The molecule has 0 spiro atoms. The highest BCUT2D eigenvalue weighted by Gasteiger charge is 2.23. The normalized spacial score (nSPS) is 11.7. The highest BCUT2D eigenvalue weighted by molar-refractivity contribution is 5.82. The molecule has 1 aromatic rings. The van der Waals surface area contributed by atoms with E-state index in [2.05, 4.69) is 4.74 Å². The molecule has 1 atom stereocenters. The van der Waals surface area contributed by atoms with Crippen molar-refractivity contribution in [1.82, 2.24) is 5.48 Å². The fourth-order valence-corrected chi connectivity index (χ4v) is 1.26. The predicted molar refractivity (Wildman–Crippen MR) is 61.6 cm³/mol. The van der Waals surface area contributed by atoms with Crippen molar-refractivity contribution in [3.05, 3.63) is 35.9 Å². The van der Waals surface area contributed by atoms with Crippen LogP contribution in [-0.4, -0.2) is 30.3 Å². The van der Waals surface area contributed by atoms with Crippen LogP contribution in [0.25, 0.3) is 0 Å². The summed E-state index contributed by atoms with van der Waals surface area (Å²) >= 11 is 0. The van der Waals surface area contributed by atoms with Crippen molar-refractivity contribution in [2.75, 3.05) is 7.11 Å². The summed E-state index contributed by atoms with van der Waals surface area (Å²) in [6, 6.07) is 7.96. The van der Waals surface area contributed by atoms with Gasteiger partial charge in [-0.15, -0.1) is 0 Å². The number of hydroxylamine groups is 1. The van der Waals surface area contributed by atoms with E-state index < -0.39 is 18.0 Å². The molecular formula is C12H15NO5. The van der Waals surface area contributed by atoms with Gasteiger partial charge in [-0.25, -0.2) is 0 Å². The van der Waals surface area contributed by atoms with Crippen molar-refractivity contribution in [2.45, 2.75) is 19.1 Å². The highest BCUT2D eigenvalue weighted by atomic mass is 16.5. The third-order valence-electron chi connectivity index (χ3n) is 2.26. The zero-order chi connectivity index (χ0) is 13.4. The third-order valence-corrected chi connectivity index (χ3v) is 2.26. The molecule has 0 fully saturated rings. The van der Waals surface area contributed by atoms with Crippen LogP contribution in [0.15, 0.2) is 30.3 Å². The van der Waals surface area contributed by atoms with Gasteiger partial charge in [0.05, 0.1) is 13.5 Å². The Labute approximate surface area is 104 Å². The fourth-order valence-electron chi connectivity index (χ4n) is 1.26. The van der Waals surface area contributed by atoms with Gasteiger partial charge in [0.25, 0.3) is 0 Å². The Morgan fingerprint density at radius 1 is 1.33 bits per heavy atom. The molecule has 1 rings (SSSR count).